The Morgan fingerprint density at radius 3 is 2.42 bits per heavy atom. The van der Waals surface area contributed by atoms with Crippen LogP contribution in [0.5, 0.6) is 0 Å². The third kappa shape index (κ3) is 1.25. The van der Waals surface area contributed by atoms with Crippen LogP contribution in [0, 0.1) is 28.7 Å². The highest BCUT2D eigenvalue weighted by Crippen LogP contribution is 2.23. The van der Waals surface area contributed by atoms with Crippen molar-refractivity contribution in [2.75, 3.05) is 0 Å². The molecule has 64 valence electrons. The van der Waals surface area contributed by atoms with Crippen LogP contribution in [-0.4, -0.2) is 4.92 Å². The molecule has 1 rings (SSSR count). The topological polar surface area (TPSA) is 43.1 Å². The Morgan fingerprint density at radius 2 is 2.00 bits per heavy atom. The molecule has 0 saturated carbocycles. The van der Waals surface area contributed by atoms with Gasteiger partial charge in [-0.15, -0.1) is 0 Å². The van der Waals surface area contributed by atoms with Crippen molar-refractivity contribution in [3.05, 3.63) is 39.4 Å². The summed E-state index contributed by atoms with van der Waals surface area (Å²) in [5.74, 6) is -2.26. The maximum atomic E-state index is 12.8. The van der Waals surface area contributed by atoms with Crippen molar-refractivity contribution >= 4 is 5.69 Å². The fraction of sp³-hybridized carbons (Fsp3) is 0.143. The molecule has 0 aliphatic carbocycles. The minimum absolute atomic E-state index is 0.0584. The van der Waals surface area contributed by atoms with Crippen LogP contribution in [0.1, 0.15) is 5.56 Å². The number of benzene rings is 1. The van der Waals surface area contributed by atoms with E-state index in [0.29, 0.717) is 0 Å². The molecule has 0 bridgehead atoms. The Kier molecular flexibility index (Phi) is 2.03. The SMILES string of the molecule is Cc1ccc(F)c([N+](=O)[O-])c1F. The molecule has 5 heteroatoms. The summed E-state index contributed by atoms with van der Waals surface area (Å²) < 4.78 is 25.4. The molecule has 12 heavy (non-hydrogen) atoms. The van der Waals surface area contributed by atoms with Crippen LogP contribution in [0.4, 0.5) is 14.5 Å². The fourth-order valence-corrected chi connectivity index (χ4v) is 0.809. The summed E-state index contributed by atoms with van der Waals surface area (Å²) in [6, 6.07) is 2.02. The maximum absolute atomic E-state index is 12.8. The van der Waals surface area contributed by atoms with E-state index >= 15 is 0 Å². The number of hydrogen-bond donors (Lipinski definition) is 0. The van der Waals surface area contributed by atoms with Gasteiger partial charge >= 0.3 is 5.69 Å². The Labute approximate surface area is 66.8 Å². The predicted octanol–water partition coefficient (Wildman–Crippen LogP) is 2.18. The lowest BCUT2D eigenvalue weighted by atomic mass is 10.2. The van der Waals surface area contributed by atoms with Crippen molar-refractivity contribution in [1.82, 2.24) is 0 Å². The van der Waals surface area contributed by atoms with Gasteiger partial charge in [-0.25, -0.2) is 0 Å². The average molecular weight is 173 g/mol. The van der Waals surface area contributed by atoms with Crippen molar-refractivity contribution in [3.8, 4) is 0 Å². The normalized spacial score (nSPS) is 9.92. The van der Waals surface area contributed by atoms with E-state index in [1.807, 2.05) is 0 Å². The monoisotopic (exact) mass is 173 g/mol. The highest BCUT2D eigenvalue weighted by Gasteiger charge is 2.21. The van der Waals surface area contributed by atoms with Crippen LogP contribution < -0.4 is 0 Å². The van der Waals surface area contributed by atoms with Crippen molar-refractivity contribution in [2.24, 2.45) is 0 Å². The number of aryl methyl sites for hydroxylation is 1. The molecule has 0 radical (unpaired) electrons. The van der Waals surface area contributed by atoms with Crippen LogP contribution in [0.15, 0.2) is 12.1 Å². The van der Waals surface area contributed by atoms with Crippen LogP contribution in [0.3, 0.4) is 0 Å². The number of rotatable bonds is 1. The van der Waals surface area contributed by atoms with Gasteiger partial charge in [0.2, 0.25) is 11.6 Å². The van der Waals surface area contributed by atoms with Gasteiger partial charge in [-0.1, -0.05) is 6.07 Å². The predicted molar refractivity (Wildman–Crippen MR) is 37.7 cm³/mol. The first-order valence-electron chi connectivity index (χ1n) is 3.13. The summed E-state index contributed by atoms with van der Waals surface area (Å²) in [4.78, 5) is 9.05. The van der Waals surface area contributed by atoms with Gasteiger partial charge in [0.25, 0.3) is 0 Å². The summed E-state index contributed by atoms with van der Waals surface area (Å²) in [5.41, 5.74) is -1.03. The molecule has 0 spiro atoms. The quantitative estimate of drug-likeness (QED) is 0.482. The molecule has 0 aromatic heterocycles. The van der Waals surface area contributed by atoms with Crippen molar-refractivity contribution in [2.45, 2.75) is 6.92 Å². The Hall–Kier alpha value is -1.52. The van der Waals surface area contributed by atoms with E-state index in [9.17, 15) is 18.9 Å². The second-order valence-corrected chi connectivity index (χ2v) is 2.28. The summed E-state index contributed by atoms with van der Waals surface area (Å²) in [6.45, 7) is 1.34. The molecule has 0 atom stereocenters. The lowest BCUT2D eigenvalue weighted by Crippen LogP contribution is -1.98. The van der Waals surface area contributed by atoms with Crippen molar-refractivity contribution in [1.29, 1.82) is 0 Å². The van der Waals surface area contributed by atoms with Crippen LogP contribution in [0.25, 0.3) is 0 Å². The fourth-order valence-electron chi connectivity index (χ4n) is 0.809. The summed E-state index contributed by atoms with van der Waals surface area (Å²) >= 11 is 0. The lowest BCUT2D eigenvalue weighted by Gasteiger charge is -1.97. The van der Waals surface area contributed by atoms with Gasteiger partial charge in [-0.05, 0) is 18.6 Å². The number of nitro benzene ring substituents is 1. The molecule has 1 aromatic carbocycles. The Bertz CT molecular complexity index is 338. The Balaban J connectivity index is 3.43. The first-order chi connectivity index (χ1) is 5.54. The standard InChI is InChI=1S/C7H5F2NO2/c1-4-2-3-5(8)7(6(4)9)10(11)12/h2-3H,1H3. The minimum Gasteiger partial charge on any atom is -0.258 e. The molecular formula is C7H5F2NO2. The summed E-state index contributed by atoms with van der Waals surface area (Å²) in [7, 11) is 0. The van der Waals surface area contributed by atoms with Gasteiger partial charge in [-0.2, -0.15) is 8.78 Å². The minimum atomic E-state index is -1.15. The van der Waals surface area contributed by atoms with Gasteiger partial charge in [0.15, 0.2) is 0 Å². The molecule has 0 heterocycles. The van der Waals surface area contributed by atoms with Gasteiger partial charge in [0, 0.05) is 0 Å². The molecular weight excluding hydrogens is 168 g/mol. The second kappa shape index (κ2) is 2.84. The molecule has 0 N–H and O–H groups in total. The molecule has 0 amide bonds. The zero-order chi connectivity index (χ0) is 9.30. The van der Waals surface area contributed by atoms with Gasteiger partial charge in [0.1, 0.15) is 0 Å². The number of hydrogen-bond acceptors (Lipinski definition) is 2. The zero-order valence-electron chi connectivity index (χ0n) is 6.17. The van der Waals surface area contributed by atoms with E-state index in [0.717, 1.165) is 12.1 Å². The third-order valence-corrected chi connectivity index (χ3v) is 1.44. The van der Waals surface area contributed by atoms with Crippen molar-refractivity contribution in [3.63, 3.8) is 0 Å². The van der Waals surface area contributed by atoms with E-state index in [1.165, 1.54) is 6.92 Å². The molecule has 1 aromatic rings. The zero-order valence-corrected chi connectivity index (χ0v) is 6.17. The second-order valence-electron chi connectivity index (χ2n) is 2.28. The Morgan fingerprint density at radius 1 is 1.42 bits per heavy atom. The molecule has 0 aliphatic rings. The van der Waals surface area contributed by atoms with E-state index in [4.69, 9.17) is 0 Å². The van der Waals surface area contributed by atoms with Crippen molar-refractivity contribution < 1.29 is 13.7 Å². The van der Waals surface area contributed by atoms with Gasteiger partial charge < -0.3 is 0 Å². The molecule has 0 unspecified atom stereocenters. The molecule has 0 fully saturated rings. The number of nitrogens with zero attached hydrogens (tertiary/aromatic N) is 1. The number of nitro groups is 1. The molecule has 3 nitrogen and oxygen atoms in total. The third-order valence-electron chi connectivity index (χ3n) is 1.44. The van der Waals surface area contributed by atoms with E-state index in [1.54, 1.807) is 0 Å². The van der Waals surface area contributed by atoms with Gasteiger partial charge in [0.05, 0.1) is 4.92 Å². The largest absolute Gasteiger partial charge is 0.340 e. The van der Waals surface area contributed by atoms with E-state index in [2.05, 4.69) is 0 Å². The lowest BCUT2D eigenvalue weighted by molar-refractivity contribution is -0.390. The average Bonchev–Trinajstić information content (AvgIpc) is 1.97. The van der Waals surface area contributed by atoms with E-state index < -0.39 is 22.2 Å². The first kappa shape index (κ1) is 8.58. The highest BCUT2D eigenvalue weighted by atomic mass is 19.1. The highest BCUT2D eigenvalue weighted by molar-refractivity contribution is 5.37. The van der Waals surface area contributed by atoms with Crippen LogP contribution in [-0.2, 0) is 0 Å². The van der Waals surface area contributed by atoms with Crippen LogP contribution in [0.2, 0.25) is 0 Å². The maximum Gasteiger partial charge on any atom is 0.340 e. The van der Waals surface area contributed by atoms with Gasteiger partial charge in [-0.3, -0.25) is 10.1 Å². The number of halogens is 2. The summed E-state index contributed by atoms with van der Waals surface area (Å²) in [6.07, 6.45) is 0. The molecule has 0 aliphatic heterocycles. The van der Waals surface area contributed by atoms with Crippen LogP contribution >= 0.6 is 0 Å². The smallest absolute Gasteiger partial charge is 0.258 e. The summed E-state index contributed by atoms with van der Waals surface area (Å²) in [5, 5.41) is 10.1. The molecule has 0 saturated heterocycles. The first-order valence-corrected chi connectivity index (χ1v) is 3.13. The van der Waals surface area contributed by atoms with E-state index in [-0.39, 0.29) is 5.56 Å².